The van der Waals surface area contributed by atoms with Crippen LogP contribution in [0.4, 0.5) is 5.13 Å². The van der Waals surface area contributed by atoms with Gasteiger partial charge in [-0.3, -0.25) is 0 Å². The number of anilines is 1. The van der Waals surface area contributed by atoms with Gasteiger partial charge in [0.1, 0.15) is 5.71 Å². The van der Waals surface area contributed by atoms with Gasteiger partial charge in [-0.05, 0) is 0 Å². The predicted molar refractivity (Wildman–Crippen MR) is 52.1 cm³/mol. The molecule has 1 rings (SSSR count). The molecular formula is C7H12N4OS. The fourth-order valence-corrected chi connectivity index (χ4v) is 1.30. The van der Waals surface area contributed by atoms with Crippen LogP contribution in [-0.4, -0.2) is 20.3 Å². The van der Waals surface area contributed by atoms with Crippen LogP contribution in [0, 0.1) is 5.41 Å². The van der Waals surface area contributed by atoms with E-state index in [1.807, 2.05) is 20.8 Å². The molecule has 0 spiro atoms. The highest BCUT2D eigenvalue weighted by Gasteiger charge is 2.24. The Morgan fingerprint density at radius 1 is 1.54 bits per heavy atom. The molecule has 0 saturated heterocycles. The average Bonchev–Trinajstić information content (AvgIpc) is 2.34. The van der Waals surface area contributed by atoms with E-state index in [1.54, 1.807) is 0 Å². The standard InChI is InChI=1S/C7H12N4OS/c1-7(2,3)4(10-12)5-9-6(8)13-11-5/h12H,1-3H3,(H2,8,9,11). The Labute approximate surface area is 80.5 Å². The summed E-state index contributed by atoms with van der Waals surface area (Å²) in [5, 5.41) is 12.4. The predicted octanol–water partition coefficient (Wildman–Crippen LogP) is 1.34. The minimum absolute atomic E-state index is 0.289. The highest BCUT2D eigenvalue weighted by atomic mass is 32.1. The first kappa shape index (κ1) is 9.91. The highest BCUT2D eigenvalue weighted by molar-refractivity contribution is 7.09. The first-order valence-electron chi connectivity index (χ1n) is 3.77. The number of nitrogen functional groups attached to an aromatic ring is 1. The van der Waals surface area contributed by atoms with Gasteiger partial charge in [0.25, 0.3) is 0 Å². The van der Waals surface area contributed by atoms with Gasteiger partial charge in [-0.1, -0.05) is 25.9 Å². The molecule has 0 saturated carbocycles. The number of nitrogens with zero attached hydrogens (tertiary/aromatic N) is 3. The molecule has 6 heteroatoms. The minimum atomic E-state index is -0.289. The topological polar surface area (TPSA) is 84.4 Å². The van der Waals surface area contributed by atoms with Gasteiger partial charge in [0.2, 0.25) is 0 Å². The molecule has 0 atom stereocenters. The van der Waals surface area contributed by atoms with Gasteiger partial charge in [0, 0.05) is 16.9 Å². The van der Waals surface area contributed by atoms with Crippen molar-refractivity contribution < 1.29 is 5.21 Å². The van der Waals surface area contributed by atoms with Crippen molar-refractivity contribution in [1.29, 1.82) is 0 Å². The summed E-state index contributed by atoms with van der Waals surface area (Å²) in [6.45, 7) is 5.75. The summed E-state index contributed by atoms with van der Waals surface area (Å²) in [5.74, 6) is 0.400. The van der Waals surface area contributed by atoms with E-state index >= 15 is 0 Å². The normalized spacial score (nSPS) is 13.3. The smallest absolute Gasteiger partial charge is 0.200 e. The van der Waals surface area contributed by atoms with Crippen LogP contribution in [-0.2, 0) is 0 Å². The van der Waals surface area contributed by atoms with Gasteiger partial charge in [-0.2, -0.15) is 9.36 Å². The van der Waals surface area contributed by atoms with Crippen molar-refractivity contribution in [1.82, 2.24) is 9.36 Å². The molecule has 0 amide bonds. The minimum Gasteiger partial charge on any atom is -0.411 e. The van der Waals surface area contributed by atoms with E-state index in [1.165, 1.54) is 0 Å². The third-order valence-electron chi connectivity index (χ3n) is 1.46. The molecule has 1 heterocycles. The van der Waals surface area contributed by atoms with Crippen LogP contribution >= 0.6 is 11.5 Å². The zero-order valence-corrected chi connectivity index (χ0v) is 8.59. The summed E-state index contributed by atoms with van der Waals surface area (Å²) in [4.78, 5) is 3.94. The van der Waals surface area contributed by atoms with Crippen LogP contribution in [0.25, 0.3) is 0 Å². The molecule has 72 valence electrons. The van der Waals surface area contributed by atoms with Crippen LogP contribution in [0.3, 0.4) is 0 Å². The van der Waals surface area contributed by atoms with Gasteiger partial charge >= 0.3 is 0 Å². The highest BCUT2D eigenvalue weighted by Crippen LogP contribution is 2.21. The van der Waals surface area contributed by atoms with E-state index in [4.69, 9.17) is 10.9 Å². The van der Waals surface area contributed by atoms with Gasteiger partial charge in [-0.15, -0.1) is 0 Å². The van der Waals surface area contributed by atoms with Crippen molar-refractivity contribution in [2.75, 3.05) is 5.73 Å². The van der Waals surface area contributed by atoms with Gasteiger partial charge < -0.3 is 10.9 Å². The van der Waals surface area contributed by atoms with Crippen LogP contribution in [0.2, 0.25) is 0 Å². The number of oxime groups is 1. The Balaban J connectivity index is 3.06. The van der Waals surface area contributed by atoms with E-state index in [9.17, 15) is 0 Å². The zero-order chi connectivity index (χ0) is 10.1. The van der Waals surface area contributed by atoms with E-state index in [-0.39, 0.29) is 5.41 Å². The molecule has 0 bridgehead atoms. The molecular weight excluding hydrogens is 188 g/mol. The maximum absolute atomic E-state index is 8.80. The summed E-state index contributed by atoms with van der Waals surface area (Å²) in [6.07, 6.45) is 0. The molecule has 1 aromatic rings. The Bertz CT molecular complexity index is 325. The molecule has 3 N–H and O–H groups in total. The third-order valence-corrected chi connectivity index (χ3v) is 2.01. The lowest BCUT2D eigenvalue weighted by Crippen LogP contribution is -2.22. The lowest BCUT2D eigenvalue weighted by atomic mass is 9.90. The van der Waals surface area contributed by atoms with Crippen LogP contribution in [0.5, 0.6) is 0 Å². The maximum Gasteiger partial charge on any atom is 0.200 e. The van der Waals surface area contributed by atoms with Crippen molar-refractivity contribution in [2.24, 2.45) is 10.6 Å². The van der Waals surface area contributed by atoms with Crippen molar-refractivity contribution >= 4 is 22.4 Å². The Morgan fingerprint density at radius 3 is 2.46 bits per heavy atom. The van der Waals surface area contributed by atoms with Crippen LogP contribution in [0.1, 0.15) is 26.6 Å². The largest absolute Gasteiger partial charge is 0.411 e. The summed E-state index contributed by atoms with van der Waals surface area (Å²) in [5.41, 5.74) is 5.58. The molecule has 0 aliphatic heterocycles. The molecule has 0 radical (unpaired) electrons. The van der Waals surface area contributed by atoms with E-state index in [0.29, 0.717) is 16.7 Å². The zero-order valence-electron chi connectivity index (χ0n) is 7.77. The van der Waals surface area contributed by atoms with Crippen molar-refractivity contribution in [2.45, 2.75) is 20.8 Å². The molecule has 1 aromatic heterocycles. The fraction of sp³-hybridized carbons (Fsp3) is 0.571. The second kappa shape index (κ2) is 3.29. The maximum atomic E-state index is 8.80. The number of hydrogen-bond donors (Lipinski definition) is 2. The fourth-order valence-electron chi connectivity index (χ4n) is 0.862. The number of nitrogens with two attached hydrogens (primary N) is 1. The summed E-state index contributed by atoms with van der Waals surface area (Å²) >= 11 is 1.09. The van der Waals surface area contributed by atoms with E-state index in [0.717, 1.165) is 11.5 Å². The van der Waals surface area contributed by atoms with Gasteiger partial charge in [-0.25, -0.2) is 0 Å². The van der Waals surface area contributed by atoms with Crippen molar-refractivity contribution in [3.8, 4) is 0 Å². The summed E-state index contributed by atoms with van der Waals surface area (Å²) in [6, 6.07) is 0. The van der Waals surface area contributed by atoms with Crippen LogP contribution in [0.15, 0.2) is 5.16 Å². The lowest BCUT2D eigenvalue weighted by Gasteiger charge is -2.16. The number of rotatable bonds is 1. The molecule has 13 heavy (non-hydrogen) atoms. The third kappa shape index (κ3) is 2.15. The quantitative estimate of drug-likeness (QED) is 0.407. The number of hydrogen-bond acceptors (Lipinski definition) is 6. The first-order valence-corrected chi connectivity index (χ1v) is 4.54. The first-order chi connectivity index (χ1) is 5.95. The summed E-state index contributed by atoms with van der Waals surface area (Å²) < 4.78 is 3.97. The summed E-state index contributed by atoms with van der Waals surface area (Å²) in [7, 11) is 0. The SMILES string of the molecule is CC(C)(C)C(=NO)c1nsc(N)n1. The monoisotopic (exact) mass is 200 g/mol. The van der Waals surface area contributed by atoms with E-state index < -0.39 is 0 Å². The van der Waals surface area contributed by atoms with Gasteiger partial charge in [0.05, 0.1) is 0 Å². The molecule has 5 nitrogen and oxygen atoms in total. The Kier molecular flexibility index (Phi) is 2.51. The van der Waals surface area contributed by atoms with E-state index in [2.05, 4.69) is 14.5 Å². The van der Waals surface area contributed by atoms with Gasteiger partial charge in [0.15, 0.2) is 11.0 Å². The van der Waals surface area contributed by atoms with Crippen molar-refractivity contribution in [3.05, 3.63) is 5.82 Å². The molecule has 0 aromatic carbocycles. The van der Waals surface area contributed by atoms with Crippen LogP contribution < -0.4 is 5.73 Å². The molecule has 0 aliphatic rings. The number of aromatic nitrogens is 2. The molecule has 0 aliphatic carbocycles. The second-order valence-corrected chi connectivity index (χ2v) is 4.44. The lowest BCUT2D eigenvalue weighted by molar-refractivity contribution is 0.311. The average molecular weight is 200 g/mol. The Morgan fingerprint density at radius 2 is 2.15 bits per heavy atom. The van der Waals surface area contributed by atoms with Crippen molar-refractivity contribution in [3.63, 3.8) is 0 Å². The second-order valence-electron chi connectivity index (χ2n) is 3.65. The molecule has 0 fully saturated rings. The Hall–Kier alpha value is -1.17. The molecule has 0 unspecified atom stereocenters.